The second-order valence-electron chi connectivity index (χ2n) is 4.50. The van der Waals surface area contributed by atoms with Crippen molar-refractivity contribution in [1.82, 2.24) is 0 Å². The quantitative estimate of drug-likeness (QED) is 0.695. The number of hydrogen-bond donors (Lipinski definition) is 0. The summed E-state index contributed by atoms with van der Waals surface area (Å²) in [6.07, 6.45) is 9.45. The van der Waals surface area contributed by atoms with Crippen molar-refractivity contribution in [3.05, 3.63) is 29.8 Å². The molecule has 1 nitrogen and oxygen atoms in total. The number of terminal acetylenes is 1. The van der Waals surface area contributed by atoms with Crippen molar-refractivity contribution in [2.75, 3.05) is 18.0 Å². The number of benzene rings is 1. The minimum atomic E-state index is 0. The lowest BCUT2D eigenvalue weighted by atomic mass is 9.94. The highest BCUT2D eigenvalue weighted by atomic mass is 15.1. The van der Waals surface area contributed by atoms with E-state index in [1.165, 1.54) is 24.9 Å². The van der Waals surface area contributed by atoms with Gasteiger partial charge >= 0.3 is 0 Å². The Hall–Kier alpha value is -1.42. The Morgan fingerprint density at radius 2 is 1.94 bits per heavy atom. The number of nitrogens with zero attached hydrogens (tertiary/aromatic N) is 1. The molecule has 0 saturated carbocycles. The zero-order chi connectivity index (χ0) is 11.4. The number of piperidine rings is 1. The van der Waals surface area contributed by atoms with Crippen LogP contribution in [0.3, 0.4) is 0 Å². The van der Waals surface area contributed by atoms with Crippen LogP contribution in [-0.2, 0) is 0 Å². The summed E-state index contributed by atoms with van der Waals surface area (Å²) in [6, 6.07) is 8.25. The largest absolute Gasteiger partial charge is 0.371 e. The normalized spacial score (nSPS) is 16.1. The van der Waals surface area contributed by atoms with Crippen LogP contribution in [0.15, 0.2) is 24.3 Å². The Balaban J connectivity index is 0.00000144. The standard InChI is InChI=1S/C15H19N.CH4/c1-3-13-9-11-16(12-10-13)15-8-6-5-7-14(15)4-2;/h2,5-8,13H,3,9-12H2,1H3;1H4. The van der Waals surface area contributed by atoms with Crippen molar-refractivity contribution in [2.45, 2.75) is 33.6 Å². The molecule has 17 heavy (non-hydrogen) atoms. The summed E-state index contributed by atoms with van der Waals surface area (Å²) >= 11 is 0. The molecular formula is C16H23N. The van der Waals surface area contributed by atoms with Gasteiger partial charge in [-0.25, -0.2) is 0 Å². The van der Waals surface area contributed by atoms with Crippen LogP contribution >= 0.6 is 0 Å². The fourth-order valence-corrected chi connectivity index (χ4v) is 2.45. The van der Waals surface area contributed by atoms with Gasteiger partial charge in [-0.05, 0) is 30.9 Å². The van der Waals surface area contributed by atoms with Crippen molar-refractivity contribution in [1.29, 1.82) is 0 Å². The molecule has 1 aromatic rings. The van der Waals surface area contributed by atoms with E-state index in [0.29, 0.717) is 0 Å². The minimum Gasteiger partial charge on any atom is -0.371 e. The van der Waals surface area contributed by atoms with Gasteiger partial charge in [-0.2, -0.15) is 0 Å². The van der Waals surface area contributed by atoms with Gasteiger partial charge in [0.25, 0.3) is 0 Å². The molecular weight excluding hydrogens is 206 g/mol. The summed E-state index contributed by atoms with van der Waals surface area (Å²) in [6.45, 7) is 4.59. The first-order chi connectivity index (χ1) is 7.85. The molecule has 1 fully saturated rings. The van der Waals surface area contributed by atoms with E-state index in [0.717, 1.165) is 24.6 Å². The lowest BCUT2D eigenvalue weighted by Gasteiger charge is -2.33. The van der Waals surface area contributed by atoms with E-state index in [2.05, 4.69) is 29.9 Å². The van der Waals surface area contributed by atoms with E-state index in [9.17, 15) is 0 Å². The number of hydrogen-bond acceptors (Lipinski definition) is 1. The molecule has 1 aromatic carbocycles. The third kappa shape index (κ3) is 3.03. The van der Waals surface area contributed by atoms with Crippen LogP contribution < -0.4 is 4.90 Å². The van der Waals surface area contributed by atoms with Crippen molar-refractivity contribution in [3.63, 3.8) is 0 Å². The zero-order valence-corrected chi connectivity index (χ0v) is 9.95. The van der Waals surface area contributed by atoms with Crippen molar-refractivity contribution in [3.8, 4) is 12.3 Å². The molecule has 1 aliphatic heterocycles. The van der Waals surface area contributed by atoms with Crippen LogP contribution in [0, 0.1) is 18.3 Å². The first-order valence-electron chi connectivity index (χ1n) is 6.15. The smallest absolute Gasteiger partial charge is 0.0525 e. The summed E-state index contributed by atoms with van der Waals surface area (Å²) in [4.78, 5) is 2.43. The van der Waals surface area contributed by atoms with E-state index in [-0.39, 0.29) is 7.43 Å². The van der Waals surface area contributed by atoms with Gasteiger partial charge in [0, 0.05) is 18.7 Å². The second kappa shape index (κ2) is 6.35. The highest BCUT2D eigenvalue weighted by Gasteiger charge is 2.19. The number of rotatable bonds is 2. The molecule has 92 valence electrons. The average Bonchev–Trinajstić information content (AvgIpc) is 2.39. The van der Waals surface area contributed by atoms with Crippen LogP contribution in [0.4, 0.5) is 5.69 Å². The molecule has 0 aliphatic carbocycles. The van der Waals surface area contributed by atoms with Gasteiger partial charge in [0.05, 0.1) is 5.69 Å². The predicted octanol–water partition coefficient (Wildman–Crippen LogP) is 3.93. The topological polar surface area (TPSA) is 3.24 Å². The molecule has 0 unspecified atom stereocenters. The number of para-hydroxylation sites is 1. The van der Waals surface area contributed by atoms with Gasteiger partial charge in [-0.3, -0.25) is 0 Å². The molecule has 0 bridgehead atoms. The molecule has 0 atom stereocenters. The van der Waals surface area contributed by atoms with Crippen molar-refractivity contribution in [2.24, 2.45) is 5.92 Å². The fourth-order valence-electron chi connectivity index (χ4n) is 2.45. The maximum atomic E-state index is 5.53. The first-order valence-corrected chi connectivity index (χ1v) is 6.15. The van der Waals surface area contributed by atoms with Crippen LogP contribution in [-0.4, -0.2) is 13.1 Å². The van der Waals surface area contributed by atoms with Gasteiger partial charge in [0.1, 0.15) is 0 Å². The molecule has 0 radical (unpaired) electrons. The van der Waals surface area contributed by atoms with Crippen LogP contribution in [0.2, 0.25) is 0 Å². The Morgan fingerprint density at radius 3 is 2.53 bits per heavy atom. The number of anilines is 1. The van der Waals surface area contributed by atoms with Gasteiger partial charge < -0.3 is 4.90 Å². The van der Waals surface area contributed by atoms with Gasteiger partial charge in [-0.1, -0.05) is 38.8 Å². The maximum Gasteiger partial charge on any atom is 0.0525 e. The second-order valence-corrected chi connectivity index (χ2v) is 4.50. The van der Waals surface area contributed by atoms with Crippen molar-refractivity contribution < 1.29 is 0 Å². The van der Waals surface area contributed by atoms with Crippen LogP contribution in [0.25, 0.3) is 0 Å². The van der Waals surface area contributed by atoms with Crippen LogP contribution in [0.5, 0.6) is 0 Å². The average molecular weight is 229 g/mol. The van der Waals surface area contributed by atoms with E-state index >= 15 is 0 Å². The molecule has 0 N–H and O–H groups in total. The zero-order valence-electron chi connectivity index (χ0n) is 9.95. The minimum absolute atomic E-state index is 0. The fraction of sp³-hybridized carbons (Fsp3) is 0.500. The summed E-state index contributed by atoms with van der Waals surface area (Å²) in [5, 5.41) is 0. The molecule has 1 heterocycles. The molecule has 1 saturated heterocycles. The Kier molecular flexibility index (Phi) is 5.10. The Morgan fingerprint density at radius 1 is 1.29 bits per heavy atom. The molecule has 1 aliphatic rings. The SMILES string of the molecule is C.C#Cc1ccccc1N1CCC(CC)CC1. The van der Waals surface area contributed by atoms with Crippen molar-refractivity contribution >= 4 is 5.69 Å². The monoisotopic (exact) mass is 229 g/mol. The van der Waals surface area contributed by atoms with E-state index in [4.69, 9.17) is 6.42 Å². The van der Waals surface area contributed by atoms with Gasteiger partial charge in [0.2, 0.25) is 0 Å². The van der Waals surface area contributed by atoms with E-state index < -0.39 is 0 Å². The van der Waals surface area contributed by atoms with Gasteiger partial charge in [0.15, 0.2) is 0 Å². The maximum absolute atomic E-state index is 5.53. The highest BCUT2D eigenvalue weighted by molar-refractivity contribution is 5.60. The summed E-state index contributed by atoms with van der Waals surface area (Å²) in [5.74, 6) is 3.69. The summed E-state index contributed by atoms with van der Waals surface area (Å²) < 4.78 is 0. The Bertz CT molecular complexity index is 381. The lowest BCUT2D eigenvalue weighted by Crippen LogP contribution is -2.33. The molecule has 1 heteroatoms. The molecule has 2 rings (SSSR count). The summed E-state index contributed by atoms with van der Waals surface area (Å²) in [5.41, 5.74) is 2.26. The van der Waals surface area contributed by atoms with Gasteiger partial charge in [-0.15, -0.1) is 6.42 Å². The predicted molar refractivity (Wildman–Crippen MR) is 76.3 cm³/mol. The first kappa shape index (κ1) is 13.6. The lowest BCUT2D eigenvalue weighted by molar-refractivity contribution is 0.395. The third-order valence-corrected chi connectivity index (χ3v) is 3.59. The Labute approximate surface area is 106 Å². The molecule has 0 spiro atoms. The van der Waals surface area contributed by atoms with Crippen LogP contribution in [0.1, 0.15) is 39.2 Å². The summed E-state index contributed by atoms with van der Waals surface area (Å²) in [7, 11) is 0. The molecule has 0 amide bonds. The highest BCUT2D eigenvalue weighted by Crippen LogP contribution is 2.26. The third-order valence-electron chi connectivity index (χ3n) is 3.59. The molecule has 0 aromatic heterocycles. The van der Waals surface area contributed by atoms with E-state index in [1.54, 1.807) is 0 Å². The van der Waals surface area contributed by atoms with E-state index in [1.807, 2.05) is 12.1 Å².